The predicted octanol–water partition coefficient (Wildman–Crippen LogP) is 2.59. The van der Waals surface area contributed by atoms with E-state index in [0.717, 1.165) is 18.5 Å². The maximum absolute atomic E-state index is 9.55. The molecule has 6 nitrogen and oxygen atoms in total. The predicted molar refractivity (Wildman–Crippen MR) is 84.2 cm³/mol. The Morgan fingerprint density at radius 2 is 1.86 bits per heavy atom. The van der Waals surface area contributed by atoms with Gasteiger partial charge >= 0.3 is 11.9 Å². The van der Waals surface area contributed by atoms with Crippen molar-refractivity contribution in [2.24, 2.45) is 0 Å². The molecule has 118 valence electrons. The normalized spacial score (nSPS) is 10.3. The number of thiophene rings is 1. The number of aromatic amines is 1. The van der Waals surface area contributed by atoms with Gasteiger partial charge in [-0.05, 0) is 43.2 Å². The molecule has 0 bridgehead atoms. The Bertz CT molecular complexity index is 629. The Kier molecular flexibility index (Phi) is 7.04. The quantitative estimate of drug-likeness (QED) is 0.734. The number of nitrogens with zero attached hydrogens (tertiary/aromatic N) is 1. The molecule has 2 heterocycles. The van der Waals surface area contributed by atoms with E-state index in [1.807, 2.05) is 17.5 Å². The van der Waals surface area contributed by atoms with Gasteiger partial charge in [0, 0.05) is 23.2 Å². The van der Waals surface area contributed by atoms with Crippen LogP contribution in [0, 0.1) is 13.8 Å². The van der Waals surface area contributed by atoms with Crippen LogP contribution >= 0.6 is 11.3 Å². The Balaban J connectivity index is 0.000000261. The van der Waals surface area contributed by atoms with Gasteiger partial charge in [-0.3, -0.25) is 0 Å². The SMILES string of the molecule is Cc1csc(CCc2c[nH]cn2)c1C.O=C(O)/C=C/C(=O)O. The van der Waals surface area contributed by atoms with Crippen LogP contribution in [0.5, 0.6) is 0 Å². The third kappa shape index (κ3) is 6.36. The maximum atomic E-state index is 9.55. The first-order valence-corrected chi connectivity index (χ1v) is 7.43. The molecule has 2 aromatic rings. The molecule has 2 aromatic heterocycles. The summed E-state index contributed by atoms with van der Waals surface area (Å²) in [6, 6.07) is 0. The average molecular weight is 322 g/mol. The maximum Gasteiger partial charge on any atom is 0.328 e. The van der Waals surface area contributed by atoms with Crippen molar-refractivity contribution in [2.45, 2.75) is 26.7 Å². The first kappa shape index (κ1) is 17.6. The number of carboxylic acid groups (broad SMARTS) is 2. The highest BCUT2D eigenvalue weighted by Crippen LogP contribution is 2.22. The number of aliphatic carboxylic acids is 2. The van der Waals surface area contributed by atoms with E-state index in [1.165, 1.54) is 16.0 Å². The molecule has 0 saturated carbocycles. The first-order valence-electron chi connectivity index (χ1n) is 6.55. The average Bonchev–Trinajstić information content (AvgIpc) is 3.07. The second kappa shape index (κ2) is 8.78. The number of aromatic nitrogens is 2. The lowest BCUT2D eigenvalue weighted by molar-refractivity contribution is -0.134. The minimum Gasteiger partial charge on any atom is -0.478 e. The number of hydrogen-bond acceptors (Lipinski definition) is 4. The number of carboxylic acids is 2. The van der Waals surface area contributed by atoms with Crippen LogP contribution in [0.25, 0.3) is 0 Å². The summed E-state index contributed by atoms with van der Waals surface area (Å²) >= 11 is 1.86. The van der Waals surface area contributed by atoms with Gasteiger partial charge in [-0.1, -0.05) is 0 Å². The molecule has 0 aliphatic rings. The highest BCUT2D eigenvalue weighted by atomic mass is 32.1. The molecule has 0 aliphatic heterocycles. The van der Waals surface area contributed by atoms with Gasteiger partial charge in [0.15, 0.2) is 0 Å². The molecule has 0 aliphatic carbocycles. The molecule has 0 spiro atoms. The van der Waals surface area contributed by atoms with Crippen LogP contribution in [0.2, 0.25) is 0 Å². The third-order valence-corrected chi connectivity index (χ3v) is 4.19. The van der Waals surface area contributed by atoms with E-state index in [0.29, 0.717) is 12.2 Å². The number of imidazole rings is 1. The van der Waals surface area contributed by atoms with Gasteiger partial charge in [0.05, 0.1) is 12.0 Å². The minimum absolute atomic E-state index is 0.558. The number of aryl methyl sites for hydroxylation is 3. The van der Waals surface area contributed by atoms with E-state index in [-0.39, 0.29) is 0 Å². The zero-order valence-electron chi connectivity index (χ0n) is 12.4. The van der Waals surface area contributed by atoms with Gasteiger partial charge in [-0.15, -0.1) is 11.3 Å². The van der Waals surface area contributed by atoms with Crippen LogP contribution in [0.4, 0.5) is 0 Å². The van der Waals surface area contributed by atoms with Crippen molar-refractivity contribution < 1.29 is 19.8 Å². The number of hydrogen-bond donors (Lipinski definition) is 3. The fraction of sp³-hybridized carbons (Fsp3) is 0.267. The van der Waals surface area contributed by atoms with Gasteiger partial charge in [0.25, 0.3) is 0 Å². The highest BCUT2D eigenvalue weighted by Gasteiger charge is 2.04. The fourth-order valence-corrected chi connectivity index (χ4v) is 2.67. The first-order chi connectivity index (χ1) is 10.4. The van der Waals surface area contributed by atoms with Gasteiger partial charge in [0.1, 0.15) is 0 Å². The molecule has 7 heteroatoms. The topological polar surface area (TPSA) is 103 Å². The van der Waals surface area contributed by atoms with Crippen LogP contribution in [-0.2, 0) is 22.4 Å². The van der Waals surface area contributed by atoms with Crippen LogP contribution in [0.15, 0.2) is 30.1 Å². The Morgan fingerprint density at radius 3 is 2.27 bits per heavy atom. The van der Waals surface area contributed by atoms with E-state index in [1.54, 1.807) is 6.33 Å². The monoisotopic (exact) mass is 322 g/mol. The van der Waals surface area contributed by atoms with Crippen LogP contribution in [0.1, 0.15) is 21.7 Å². The summed E-state index contributed by atoms with van der Waals surface area (Å²) < 4.78 is 0. The highest BCUT2D eigenvalue weighted by molar-refractivity contribution is 7.10. The second-order valence-electron chi connectivity index (χ2n) is 4.54. The van der Waals surface area contributed by atoms with Crippen molar-refractivity contribution in [1.29, 1.82) is 0 Å². The van der Waals surface area contributed by atoms with Crippen molar-refractivity contribution in [3.63, 3.8) is 0 Å². The molecule has 0 fully saturated rings. The number of nitrogens with one attached hydrogen (secondary N) is 1. The Labute approximate surface area is 132 Å². The molecule has 0 amide bonds. The summed E-state index contributed by atoms with van der Waals surface area (Å²) in [5.74, 6) is -2.51. The molecule has 0 radical (unpaired) electrons. The molecular weight excluding hydrogens is 304 g/mol. The summed E-state index contributed by atoms with van der Waals surface area (Å²) in [6.07, 6.45) is 6.96. The van der Waals surface area contributed by atoms with Crippen molar-refractivity contribution in [1.82, 2.24) is 9.97 Å². The van der Waals surface area contributed by atoms with Crippen LogP contribution in [-0.4, -0.2) is 32.1 Å². The lowest BCUT2D eigenvalue weighted by Gasteiger charge is -1.97. The largest absolute Gasteiger partial charge is 0.478 e. The number of H-pyrrole nitrogens is 1. The number of rotatable bonds is 5. The lowest BCUT2D eigenvalue weighted by atomic mass is 10.1. The Morgan fingerprint density at radius 1 is 1.23 bits per heavy atom. The zero-order valence-corrected chi connectivity index (χ0v) is 13.2. The van der Waals surface area contributed by atoms with Crippen molar-refractivity contribution in [2.75, 3.05) is 0 Å². The smallest absolute Gasteiger partial charge is 0.328 e. The van der Waals surface area contributed by atoms with Crippen molar-refractivity contribution in [3.8, 4) is 0 Å². The molecule has 0 unspecified atom stereocenters. The molecule has 22 heavy (non-hydrogen) atoms. The molecule has 3 N–H and O–H groups in total. The van der Waals surface area contributed by atoms with Gasteiger partial charge in [0.2, 0.25) is 0 Å². The van der Waals surface area contributed by atoms with Crippen LogP contribution in [0.3, 0.4) is 0 Å². The van der Waals surface area contributed by atoms with Gasteiger partial charge < -0.3 is 15.2 Å². The van der Waals surface area contributed by atoms with E-state index in [9.17, 15) is 9.59 Å². The van der Waals surface area contributed by atoms with Gasteiger partial charge in [-0.2, -0.15) is 0 Å². The summed E-state index contributed by atoms with van der Waals surface area (Å²) in [6.45, 7) is 4.37. The number of carbonyl (C=O) groups is 2. The van der Waals surface area contributed by atoms with Crippen molar-refractivity contribution >= 4 is 23.3 Å². The van der Waals surface area contributed by atoms with E-state index >= 15 is 0 Å². The van der Waals surface area contributed by atoms with Crippen molar-refractivity contribution in [3.05, 3.63) is 51.8 Å². The standard InChI is InChI=1S/C11H14N2S.C4H4O4/c1-8-6-14-11(9(8)2)4-3-10-5-12-7-13-10;5-3(6)1-2-4(7)8/h5-7H,3-4H2,1-2H3,(H,12,13);1-2H,(H,5,6)(H,7,8)/b;2-1+. The van der Waals surface area contributed by atoms with Gasteiger partial charge in [-0.25, -0.2) is 14.6 Å². The Hall–Kier alpha value is -2.41. The van der Waals surface area contributed by atoms with E-state index in [2.05, 4.69) is 29.2 Å². The summed E-state index contributed by atoms with van der Waals surface area (Å²) in [4.78, 5) is 27.8. The second-order valence-corrected chi connectivity index (χ2v) is 5.50. The summed E-state index contributed by atoms with van der Waals surface area (Å²) in [5.41, 5.74) is 4.01. The fourth-order valence-electron chi connectivity index (χ4n) is 1.61. The zero-order chi connectivity index (χ0) is 16.5. The molecule has 0 saturated heterocycles. The lowest BCUT2D eigenvalue weighted by Crippen LogP contribution is -1.91. The molecule has 0 atom stereocenters. The van der Waals surface area contributed by atoms with E-state index < -0.39 is 11.9 Å². The third-order valence-electron chi connectivity index (χ3n) is 2.92. The van der Waals surface area contributed by atoms with Crippen LogP contribution < -0.4 is 0 Å². The summed E-state index contributed by atoms with van der Waals surface area (Å²) in [5, 5.41) is 17.9. The van der Waals surface area contributed by atoms with E-state index in [4.69, 9.17) is 10.2 Å². The molecular formula is C15H18N2O4S. The summed E-state index contributed by atoms with van der Waals surface area (Å²) in [7, 11) is 0. The molecule has 0 aromatic carbocycles. The molecule has 2 rings (SSSR count). The minimum atomic E-state index is -1.26.